The molecule has 2 N–H and O–H groups in total. The molecular weight excluding hydrogens is 468 g/mol. The van der Waals surface area contributed by atoms with Crippen LogP contribution in [0.15, 0.2) is 45.3 Å². The number of benzene rings is 2. The third-order valence-electron chi connectivity index (χ3n) is 3.29. The van der Waals surface area contributed by atoms with Gasteiger partial charge in [-0.15, -0.1) is 0 Å². The summed E-state index contributed by atoms with van der Waals surface area (Å²) in [5.41, 5.74) is 6.62. The van der Waals surface area contributed by atoms with Gasteiger partial charge in [-0.1, -0.05) is 22.0 Å². The number of ether oxygens (including phenoxy) is 2. The highest BCUT2D eigenvalue weighted by Gasteiger charge is 2.08. The van der Waals surface area contributed by atoms with Gasteiger partial charge in [-0.2, -0.15) is 0 Å². The van der Waals surface area contributed by atoms with Crippen molar-refractivity contribution >= 4 is 43.7 Å². The molecule has 138 valence electrons. The molecule has 0 aliphatic rings. The van der Waals surface area contributed by atoms with Crippen molar-refractivity contribution in [3.05, 3.63) is 56.5 Å². The quantitative estimate of drug-likeness (QED) is 0.614. The predicted molar refractivity (Wildman–Crippen MR) is 105 cm³/mol. The van der Waals surface area contributed by atoms with E-state index in [1.807, 2.05) is 38.1 Å². The van der Waals surface area contributed by atoms with Gasteiger partial charge in [0.05, 0.1) is 4.47 Å². The van der Waals surface area contributed by atoms with E-state index >= 15 is 0 Å². The molecule has 2 amide bonds. The third-order valence-corrected chi connectivity index (χ3v) is 4.80. The molecule has 0 fully saturated rings. The summed E-state index contributed by atoms with van der Waals surface area (Å²) in [6, 6.07) is 10.9. The fraction of sp³-hybridized carbons (Fsp3) is 0.222. The number of carbonyl (C=O) groups is 2. The van der Waals surface area contributed by atoms with Crippen LogP contribution in [0.5, 0.6) is 11.5 Å². The number of hydrogen-bond donors (Lipinski definition) is 2. The molecule has 0 saturated carbocycles. The lowest BCUT2D eigenvalue weighted by molar-refractivity contribution is -0.131. The SMILES string of the molecule is Cc1ccc(OCC(=O)NNC(=O)COc2ccc(Br)c(C)c2)c(Br)c1. The van der Waals surface area contributed by atoms with Crippen LogP contribution in [0, 0.1) is 13.8 Å². The maximum Gasteiger partial charge on any atom is 0.276 e. The van der Waals surface area contributed by atoms with E-state index < -0.39 is 11.8 Å². The molecule has 6 nitrogen and oxygen atoms in total. The number of nitrogens with one attached hydrogen (secondary N) is 2. The van der Waals surface area contributed by atoms with Gasteiger partial charge in [0, 0.05) is 4.47 Å². The first-order chi connectivity index (χ1) is 12.3. The maximum atomic E-state index is 11.7. The fourth-order valence-electron chi connectivity index (χ4n) is 1.93. The van der Waals surface area contributed by atoms with E-state index in [4.69, 9.17) is 9.47 Å². The standard InChI is InChI=1S/C18H18Br2N2O4/c1-11-3-6-16(15(20)7-11)26-10-18(24)22-21-17(23)9-25-13-4-5-14(19)12(2)8-13/h3-8H,9-10H2,1-2H3,(H,21,23)(H,22,24). The molecule has 0 aliphatic heterocycles. The molecule has 2 aromatic rings. The first-order valence-electron chi connectivity index (χ1n) is 7.70. The smallest absolute Gasteiger partial charge is 0.276 e. The lowest BCUT2D eigenvalue weighted by Gasteiger charge is -2.11. The third kappa shape index (κ3) is 6.34. The lowest BCUT2D eigenvalue weighted by atomic mass is 10.2. The Kier molecular flexibility index (Phi) is 7.47. The number of rotatable bonds is 6. The second-order valence-corrected chi connectivity index (χ2v) is 7.23. The Labute approximate surface area is 168 Å². The molecule has 0 aliphatic carbocycles. The van der Waals surface area contributed by atoms with Gasteiger partial charge in [0.2, 0.25) is 0 Å². The van der Waals surface area contributed by atoms with Crippen molar-refractivity contribution in [2.75, 3.05) is 13.2 Å². The summed E-state index contributed by atoms with van der Waals surface area (Å²) >= 11 is 6.76. The van der Waals surface area contributed by atoms with Gasteiger partial charge in [-0.25, -0.2) is 0 Å². The average molecular weight is 486 g/mol. The van der Waals surface area contributed by atoms with Crippen molar-refractivity contribution < 1.29 is 19.1 Å². The van der Waals surface area contributed by atoms with E-state index in [2.05, 4.69) is 42.7 Å². The van der Waals surface area contributed by atoms with E-state index in [0.29, 0.717) is 11.5 Å². The molecule has 0 radical (unpaired) electrons. The summed E-state index contributed by atoms with van der Waals surface area (Å²) in [4.78, 5) is 23.5. The van der Waals surface area contributed by atoms with Gasteiger partial charge in [-0.05, 0) is 71.2 Å². The number of carbonyl (C=O) groups excluding carboxylic acids is 2. The molecule has 0 atom stereocenters. The van der Waals surface area contributed by atoms with Crippen LogP contribution in [0.25, 0.3) is 0 Å². The lowest BCUT2D eigenvalue weighted by Crippen LogP contribution is -2.45. The first-order valence-corrected chi connectivity index (χ1v) is 9.29. The molecule has 0 saturated heterocycles. The van der Waals surface area contributed by atoms with E-state index in [-0.39, 0.29) is 13.2 Å². The van der Waals surface area contributed by atoms with Crippen molar-refractivity contribution in [1.29, 1.82) is 0 Å². The zero-order chi connectivity index (χ0) is 19.1. The maximum absolute atomic E-state index is 11.7. The van der Waals surface area contributed by atoms with Gasteiger partial charge < -0.3 is 9.47 Å². The first kappa shape index (κ1) is 20.3. The molecule has 0 spiro atoms. The van der Waals surface area contributed by atoms with Gasteiger partial charge in [0.25, 0.3) is 11.8 Å². The van der Waals surface area contributed by atoms with Crippen LogP contribution < -0.4 is 20.3 Å². The second-order valence-electron chi connectivity index (χ2n) is 5.52. The summed E-state index contributed by atoms with van der Waals surface area (Å²) in [6.45, 7) is 3.43. The summed E-state index contributed by atoms with van der Waals surface area (Å²) in [7, 11) is 0. The van der Waals surface area contributed by atoms with Crippen molar-refractivity contribution in [3.63, 3.8) is 0 Å². The Morgan fingerprint density at radius 2 is 1.54 bits per heavy atom. The number of hydrogen-bond acceptors (Lipinski definition) is 4. The Morgan fingerprint density at radius 3 is 2.15 bits per heavy atom. The molecule has 0 heterocycles. The van der Waals surface area contributed by atoms with Crippen LogP contribution in [0.4, 0.5) is 0 Å². The zero-order valence-corrected chi connectivity index (χ0v) is 17.4. The fourth-order valence-corrected chi connectivity index (χ4v) is 2.79. The second kappa shape index (κ2) is 9.59. The van der Waals surface area contributed by atoms with Crippen molar-refractivity contribution in [1.82, 2.24) is 10.9 Å². The minimum Gasteiger partial charge on any atom is -0.484 e. The highest BCUT2D eigenvalue weighted by atomic mass is 79.9. The highest BCUT2D eigenvalue weighted by Crippen LogP contribution is 2.25. The van der Waals surface area contributed by atoms with Gasteiger partial charge >= 0.3 is 0 Å². The van der Waals surface area contributed by atoms with Crippen molar-refractivity contribution in [3.8, 4) is 11.5 Å². The van der Waals surface area contributed by atoms with Crippen LogP contribution in [0.3, 0.4) is 0 Å². The van der Waals surface area contributed by atoms with Gasteiger partial charge in [-0.3, -0.25) is 20.4 Å². The van der Waals surface area contributed by atoms with Crippen LogP contribution in [0.2, 0.25) is 0 Å². The normalized spacial score (nSPS) is 10.2. The van der Waals surface area contributed by atoms with E-state index in [1.165, 1.54) is 0 Å². The Morgan fingerprint density at radius 1 is 0.885 bits per heavy atom. The highest BCUT2D eigenvalue weighted by molar-refractivity contribution is 9.10. The van der Waals surface area contributed by atoms with Gasteiger partial charge in [0.15, 0.2) is 13.2 Å². The van der Waals surface area contributed by atoms with E-state index in [0.717, 1.165) is 20.1 Å². The number of amides is 2. The molecule has 2 rings (SSSR count). The summed E-state index contributed by atoms with van der Waals surface area (Å²) in [5.74, 6) is 0.159. The van der Waals surface area contributed by atoms with Crippen LogP contribution in [-0.2, 0) is 9.59 Å². The largest absolute Gasteiger partial charge is 0.484 e. The minimum absolute atomic E-state index is 0.217. The summed E-state index contributed by atoms with van der Waals surface area (Å²) in [5, 5.41) is 0. The minimum atomic E-state index is -0.481. The van der Waals surface area contributed by atoms with Crippen LogP contribution in [0.1, 0.15) is 11.1 Å². The molecule has 2 aromatic carbocycles. The molecule has 0 unspecified atom stereocenters. The Bertz CT molecular complexity index is 812. The topological polar surface area (TPSA) is 76.7 Å². The van der Waals surface area contributed by atoms with Crippen LogP contribution in [-0.4, -0.2) is 25.0 Å². The number of hydrazine groups is 1. The zero-order valence-electron chi connectivity index (χ0n) is 14.3. The molecule has 8 heteroatoms. The average Bonchev–Trinajstić information content (AvgIpc) is 2.60. The van der Waals surface area contributed by atoms with E-state index in [1.54, 1.807) is 12.1 Å². The molecule has 0 bridgehead atoms. The summed E-state index contributed by atoms with van der Waals surface area (Å²) in [6.07, 6.45) is 0. The van der Waals surface area contributed by atoms with Crippen molar-refractivity contribution in [2.24, 2.45) is 0 Å². The number of aryl methyl sites for hydroxylation is 2. The van der Waals surface area contributed by atoms with Gasteiger partial charge in [0.1, 0.15) is 11.5 Å². The number of halogens is 2. The van der Waals surface area contributed by atoms with Crippen LogP contribution >= 0.6 is 31.9 Å². The van der Waals surface area contributed by atoms with Crippen molar-refractivity contribution in [2.45, 2.75) is 13.8 Å². The predicted octanol–water partition coefficient (Wildman–Crippen LogP) is 3.43. The van der Waals surface area contributed by atoms with E-state index in [9.17, 15) is 9.59 Å². The summed E-state index contributed by atoms with van der Waals surface area (Å²) < 4.78 is 12.5. The molecule has 0 aromatic heterocycles. The monoisotopic (exact) mass is 484 g/mol. The Balaban J connectivity index is 1.71. The molecular formula is C18H18Br2N2O4. The Hall–Kier alpha value is -2.06. The molecule has 26 heavy (non-hydrogen) atoms.